The molecule has 0 radical (unpaired) electrons. The summed E-state index contributed by atoms with van der Waals surface area (Å²) in [5.41, 5.74) is 3.75. The van der Waals surface area contributed by atoms with Gasteiger partial charge in [0, 0.05) is 6.42 Å². The standard InChI is InChI=1S/C11H8F4N4O/c12-7-2-1-6(11(13,14)15)3-5(7)4-8-17-10(9(16)20)19-18-8/h1-3H,4H2,(H2,16,20)(H,17,18,19). The molecule has 1 aromatic heterocycles. The van der Waals surface area contributed by atoms with Crippen LogP contribution in [0.5, 0.6) is 0 Å². The van der Waals surface area contributed by atoms with Crippen LogP contribution in [0.3, 0.4) is 0 Å². The van der Waals surface area contributed by atoms with Crippen LogP contribution in [0.1, 0.15) is 27.6 Å². The summed E-state index contributed by atoms with van der Waals surface area (Å²) in [6.07, 6.45) is -4.84. The summed E-state index contributed by atoms with van der Waals surface area (Å²) in [5.74, 6) is -1.88. The first-order valence-electron chi connectivity index (χ1n) is 5.34. The van der Waals surface area contributed by atoms with Gasteiger partial charge in [0.25, 0.3) is 5.91 Å². The van der Waals surface area contributed by atoms with Crippen LogP contribution >= 0.6 is 0 Å². The Labute approximate surface area is 109 Å². The largest absolute Gasteiger partial charge is 0.416 e. The van der Waals surface area contributed by atoms with E-state index in [9.17, 15) is 22.4 Å². The average molecular weight is 288 g/mol. The zero-order valence-corrected chi connectivity index (χ0v) is 9.83. The number of aromatic nitrogens is 3. The van der Waals surface area contributed by atoms with Crippen LogP contribution in [0, 0.1) is 5.82 Å². The van der Waals surface area contributed by atoms with Crippen LogP contribution in [-0.4, -0.2) is 21.1 Å². The van der Waals surface area contributed by atoms with Crippen molar-refractivity contribution in [1.82, 2.24) is 15.2 Å². The maximum absolute atomic E-state index is 13.5. The Morgan fingerprint density at radius 3 is 2.55 bits per heavy atom. The zero-order valence-electron chi connectivity index (χ0n) is 9.83. The summed E-state index contributed by atoms with van der Waals surface area (Å²) in [6.45, 7) is 0. The lowest BCUT2D eigenvalue weighted by molar-refractivity contribution is -0.137. The monoisotopic (exact) mass is 288 g/mol. The number of carbonyl (C=O) groups excluding carboxylic acids is 1. The topological polar surface area (TPSA) is 84.7 Å². The number of amides is 1. The third-order valence-corrected chi connectivity index (χ3v) is 2.50. The molecule has 0 bridgehead atoms. The van der Waals surface area contributed by atoms with Crippen molar-refractivity contribution in [3.8, 4) is 0 Å². The van der Waals surface area contributed by atoms with E-state index in [2.05, 4.69) is 15.2 Å². The van der Waals surface area contributed by atoms with E-state index in [-0.39, 0.29) is 23.6 Å². The minimum absolute atomic E-state index is 0.0389. The number of rotatable bonds is 3. The van der Waals surface area contributed by atoms with E-state index in [1.807, 2.05) is 0 Å². The molecule has 1 heterocycles. The molecule has 3 N–H and O–H groups in total. The van der Waals surface area contributed by atoms with Crippen LogP contribution in [0.15, 0.2) is 18.2 Å². The van der Waals surface area contributed by atoms with Gasteiger partial charge >= 0.3 is 6.18 Å². The normalized spacial score (nSPS) is 11.6. The number of nitrogens with two attached hydrogens (primary N) is 1. The molecular formula is C11H8F4N4O. The van der Waals surface area contributed by atoms with Gasteiger partial charge in [0.15, 0.2) is 0 Å². The van der Waals surface area contributed by atoms with Gasteiger partial charge in [-0.05, 0) is 23.8 Å². The molecule has 20 heavy (non-hydrogen) atoms. The number of H-pyrrole nitrogens is 1. The Morgan fingerprint density at radius 2 is 2.00 bits per heavy atom. The number of hydrogen-bond donors (Lipinski definition) is 2. The van der Waals surface area contributed by atoms with Gasteiger partial charge in [-0.1, -0.05) is 0 Å². The van der Waals surface area contributed by atoms with Gasteiger partial charge in [0.05, 0.1) is 5.56 Å². The van der Waals surface area contributed by atoms with Crippen molar-refractivity contribution in [2.45, 2.75) is 12.6 Å². The van der Waals surface area contributed by atoms with E-state index in [0.717, 1.165) is 6.07 Å². The summed E-state index contributed by atoms with van der Waals surface area (Å²) in [7, 11) is 0. The van der Waals surface area contributed by atoms with Crippen LogP contribution in [0.25, 0.3) is 0 Å². The smallest absolute Gasteiger partial charge is 0.363 e. The molecule has 0 fully saturated rings. The number of halogens is 4. The number of nitrogens with zero attached hydrogens (tertiary/aromatic N) is 2. The fourth-order valence-electron chi connectivity index (χ4n) is 1.55. The molecule has 0 aliphatic heterocycles. The first-order chi connectivity index (χ1) is 9.27. The zero-order chi connectivity index (χ0) is 14.9. The minimum Gasteiger partial charge on any atom is -0.363 e. The molecule has 0 spiro atoms. The predicted octanol–water partition coefficient (Wildman–Crippen LogP) is 1.65. The molecule has 9 heteroatoms. The lowest BCUT2D eigenvalue weighted by atomic mass is 10.1. The van der Waals surface area contributed by atoms with Gasteiger partial charge in [-0.2, -0.15) is 13.2 Å². The molecule has 0 aliphatic carbocycles. The second kappa shape index (κ2) is 4.91. The Bertz CT molecular complexity index is 650. The molecule has 2 rings (SSSR count). The van der Waals surface area contributed by atoms with Gasteiger partial charge in [0.1, 0.15) is 11.6 Å². The van der Waals surface area contributed by atoms with Crippen molar-refractivity contribution >= 4 is 5.91 Å². The Kier molecular flexibility index (Phi) is 3.43. The molecule has 1 amide bonds. The number of carbonyl (C=O) groups is 1. The SMILES string of the molecule is NC(=O)c1nnc(Cc2cc(C(F)(F)F)ccc2F)[nH]1. The first kappa shape index (κ1) is 14.0. The van der Waals surface area contributed by atoms with Gasteiger partial charge in [0.2, 0.25) is 5.82 Å². The molecule has 2 aromatic rings. The highest BCUT2D eigenvalue weighted by atomic mass is 19.4. The number of primary amides is 1. The van der Waals surface area contributed by atoms with E-state index in [1.165, 1.54) is 0 Å². The van der Waals surface area contributed by atoms with E-state index >= 15 is 0 Å². The van der Waals surface area contributed by atoms with E-state index in [1.54, 1.807) is 0 Å². The second-order valence-corrected chi connectivity index (χ2v) is 3.97. The molecular weight excluding hydrogens is 280 g/mol. The number of nitrogens with one attached hydrogen (secondary N) is 1. The average Bonchev–Trinajstić information content (AvgIpc) is 2.79. The van der Waals surface area contributed by atoms with Crippen LogP contribution in [-0.2, 0) is 12.6 Å². The quantitative estimate of drug-likeness (QED) is 0.842. The lowest BCUT2D eigenvalue weighted by Crippen LogP contribution is -2.13. The first-order valence-corrected chi connectivity index (χ1v) is 5.34. The lowest BCUT2D eigenvalue weighted by Gasteiger charge is -2.08. The van der Waals surface area contributed by atoms with Crippen molar-refractivity contribution in [2.75, 3.05) is 0 Å². The molecule has 1 aromatic carbocycles. The van der Waals surface area contributed by atoms with Crippen LogP contribution in [0.2, 0.25) is 0 Å². The van der Waals surface area contributed by atoms with Crippen molar-refractivity contribution in [2.24, 2.45) is 5.73 Å². The number of aromatic amines is 1. The highest BCUT2D eigenvalue weighted by molar-refractivity contribution is 5.88. The highest BCUT2D eigenvalue weighted by Crippen LogP contribution is 2.30. The van der Waals surface area contributed by atoms with Gasteiger partial charge in [-0.3, -0.25) is 4.79 Å². The Hall–Kier alpha value is -2.45. The van der Waals surface area contributed by atoms with Crippen molar-refractivity contribution in [3.63, 3.8) is 0 Å². The summed E-state index contributed by atoms with van der Waals surface area (Å²) >= 11 is 0. The van der Waals surface area contributed by atoms with Gasteiger partial charge in [-0.25, -0.2) is 4.39 Å². The predicted molar refractivity (Wildman–Crippen MR) is 59.1 cm³/mol. The Morgan fingerprint density at radius 1 is 1.30 bits per heavy atom. The van der Waals surface area contributed by atoms with Crippen molar-refractivity contribution in [3.05, 3.63) is 46.8 Å². The third kappa shape index (κ3) is 2.92. The number of hydrogen-bond acceptors (Lipinski definition) is 3. The van der Waals surface area contributed by atoms with E-state index in [4.69, 9.17) is 5.73 Å². The summed E-state index contributed by atoms with van der Waals surface area (Å²) in [4.78, 5) is 13.2. The Balaban J connectivity index is 2.30. The summed E-state index contributed by atoms with van der Waals surface area (Å²) in [5, 5.41) is 6.90. The molecule has 0 unspecified atom stereocenters. The molecule has 106 valence electrons. The fraction of sp³-hybridized carbons (Fsp3) is 0.182. The maximum Gasteiger partial charge on any atom is 0.416 e. The summed E-state index contributed by atoms with van der Waals surface area (Å²) in [6, 6.07) is 2.05. The molecule has 0 saturated heterocycles. The van der Waals surface area contributed by atoms with Crippen LogP contribution < -0.4 is 5.73 Å². The van der Waals surface area contributed by atoms with Gasteiger partial charge in [-0.15, -0.1) is 10.2 Å². The minimum atomic E-state index is -4.57. The second-order valence-electron chi connectivity index (χ2n) is 3.97. The molecule has 5 nitrogen and oxygen atoms in total. The molecule has 0 aliphatic rings. The third-order valence-electron chi connectivity index (χ3n) is 2.50. The van der Waals surface area contributed by atoms with Gasteiger partial charge < -0.3 is 10.7 Å². The fourth-order valence-corrected chi connectivity index (χ4v) is 1.55. The molecule has 0 saturated carbocycles. The number of benzene rings is 1. The van der Waals surface area contributed by atoms with E-state index in [0.29, 0.717) is 12.1 Å². The number of alkyl halides is 3. The summed E-state index contributed by atoms with van der Waals surface area (Å²) < 4.78 is 51.1. The van der Waals surface area contributed by atoms with Crippen molar-refractivity contribution in [1.29, 1.82) is 0 Å². The van der Waals surface area contributed by atoms with Crippen molar-refractivity contribution < 1.29 is 22.4 Å². The maximum atomic E-state index is 13.5. The van der Waals surface area contributed by atoms with Crippen LogP contribution in [0.4, 0.5) is 17.6 Å². The van der Waals surface area contributed by atoms with E-state index < -0.39 is 23.5 Å². The highest BCUT2D eigenvalue weighted by Gasteiger charge is 2.31. The molecule has 0 atom stereocenters.